The van der Waals surface area contributed by atoms with E-state index < -0.39 is 0 Å². The lowest BCUT2D eigenvalue weighted by atomic mass is 9.94. The first-order chi connectivity index (χ1) is 9.54. The summed E-state index contributed by atoms with van der Waals surface area (Å²) in [5, 5.41) is 4.52. The largest absolute Gasteiger partial charge is 0.341 e. The summed E-state index contributed by atoms with van der Waals surface area (Å²) in [6.07, 6.45) is 2.80. The van der Waals surface area contributed by atoms with Crippen molar-refractivity contribution in [3.05, 3.63) is 33.8 Å². The van der Waals surface area contributed by atoms with Gasteiger partial charge < -0.3 is 10.2 Å². The molecule has 0 atom stereocenters. The fourth-order valence-corrected chi connectivity index (χ4v) is 3.12. The maximum atomic E-state index is 12.2. The van der Waals surface area contributed by atoms with Crippen molar-refractivity contribution in [2.75, 3.05) is 20.1 Å². The van der Waals surface area contributed by atoms with Crippen LogP contribution >= 0.6 is 23.2 Å². The summed E-state index contributed by atoms with van der Waals surface area (Å²) in [6.45, 7) is 2.58. The van der Waals surface area contributed by atoms with Crippen molar-refractivity contribution in [1.82, 2.24) is 10.2 Å². The molecule has 0 saturated carbocycles. The lowest BCUT2D eigenvalue weighted by Crippen LogP contribution is -2.33. The van der Waals surface area contributed by atoms with Gasteiger partial charge in [-0.3, -0.25) is 4.79 Å². The van der Waals surface area contributed by atoms with Crippen molar-refractivity contribution in [3.63, 3.8) is 0 Å². The Labute approximate surface area is 130 Å². The van der Waals surface area contributed by atoms with Gasteiger partial charge in [-0.1, -0.05) is 23.2 Å². The molecular weight excluding hydrogens is 295 g/mol. The third-order valence-electron chi connectivity index (χ3n) is 3.69. The Bertz CT molecular complexity index is 453. The number of benzene rings is 1. The summed E-state index contributed by atoms with van der Waals surface area (Å²) in [7, 11) is 1.83. The van der Waals surface area contributed by atoms with E-state index in [4.69, 9.17) is 23.2 Å². The summed E-state index contributed by atoms with van der Waals surface area (Å²) >= 11 is 11.9. The Balaban J connectivity index is 1.89. The molecule has 0 unspecified atom stereocenters. The van der Waals surface area contributed by atoms with E-state index in [1.54, 1.807) is 11.0 Å². The normalized spacial score (nSPS) is 16.1. The van der Waals surface area contributed by atoms with E-state index in [0.717, 1.165) is 31.5 Å². The second kappa shape index (κ2) is 7.30. The quantitative estimate of drug-likeness (QED) is 0.924. The van der Waals surface area contributed by atoms with Gasteiger partial charge in [0.1, 0.15) is 0 Å². The third kappa shape index (κ3) is 4.65. The Morgan fingerprint density at radius 2 is 1.85 bits per heavy atom. The number of hydrogen-bond donors (Lipinski definition) is 1. The number of rotatable bonds is 4. The monoisotopic (exact) mass is 314 g/mol. The van der Waals surface area contributed by atoms with Gasteiger partial charge in [-0.2, -0.15) is 0 Å². The molecule has 1 fully saturated rings. The van der Waals surface area contributed by atoms with E-state index in [-0.39, 0.29) is 5.91 Å². The Kier molecular flexibility index (Phi) is 5.70. The van der Waals surface area contributed by atoms with Crippen LogP contribution in [0.5, 0.6) is 0 Å². The van der Waals surface area contributed by atoms with E-state index in [1.807, 2.05) is 19.2 Å². The molecule has 0 radical (unpaired) electrons. The van der Waals surface area contributed by atoms with Crippen molar-refractivity contribution in [2.45, 2.75) is 25.8 Å². The van der Waals surface area contributed by atoms with Crippen molar-refractivity contribution in [1.29, 1.82) is 0 Å². The Hall–Kier alpha value is -0.770. The van der Waals surface area contributed by atoms with E-state index in [9.17, 15) is 4.79 Å². The first-order valence-electron chi connectivity index (χ1n) is 6.94. The summed E-state index contributed by atoms with van der Waals surface area (Å²) in [5.74, 6) is 0.696. The van der Waals surface area contributed by atoms with Crippen LogP contribution in [0.15, 0.2) is 18.2 Å². The first-order valence-corrected chi connectivity index (χ1v) is 7.70. The molecule has 1 aromatic rings. The molecule has 1 aliphatic heterocycles. The lowest BCUT2D eigenvalue weighted by molar-refractivity contribution is -0.131. The van der Waals surface area contributed by atoms with Crippen LogP contribution in [0, 0.1) is 5.92 Å². The van der Waals surface area contributed by atoms with Gasteiger partial charge in [0.05, 0.1) is 0 Å². The van der Waals surface area contributed by atoms with Crippen LogP contribution in [0.3, 0.4) is 0 Å². The Morgan fingerprint density at radius 3 is 2.45 bits per heavy atom. The number of carbonyl (C=O) groups excluding carboxylic acids is 1. The van der Waals surface area contributed by atoms with E-state index in [2.05, 4.69) is 5.32 Å². The van der Waals surface area contributed by atoms with E-state index >= 15 is 0 Å². The number of carbonyl (C=O) groups is 1. The molecule has 110 valence electrons. The average molecular weight is 315 g/mol. The molecule has 1 N–H and O–H groups in total. The maximum absolute atomic E-state index is 12.2. The van der Waals surface area contributed by atoms with Gasteiger partial charge in [-0.25, -0.2) is 0 Å². The summed E-state index contributed by atoms with van der Waals surface area (Å²) in [4.78, 5) is 14.0. The van der Waals surface area contributed by atoms with Gasteiger partial charge in [0.25, 0.3) is 0 Å². The van der Waals surface area contributed by atoms with Gasteiger partial charge in [0.15, 0.2) is 0 Å². The molecule has 1 aromatic carbocycles. The maximum Gasteiger partial charge on any atom is 0.222 e. The zero-order chi connectivity index (χ0) is 14.5. The standard InChI is InChI=1S/C15H20Cl2N2O/c1-19(10-12-6-13(16)9-14(17)7-12)15(20)8-11-2-4-18-5-3-11/h6-7,9,11,18H,2-5,8,10H2,1H3. The lowest BCUT2D eigenvalue weighted by Gasteiger charge is -2.25. The molecule has 0 aliphatic carbocycles. The molecule has 0 aromatic heterocycles. The molecule has 1 heterocycles. The molecule has 1 aliphatic rings. The van der Waals surface area contributed by atoms with Crippen molar-refractivity contribution < 1.29 is 4.79 Å². The molecule has 1 amide bonds. The number of hydrogen-bond acceptors (Lipinski definition) is 2. The van der Waals surface area contributed by atoms with Crippen LogP contribution in [0.1, 0.15) is 24.8 Å². The van der Waals surface area contributed by atoms with Gasteiger partial charge in [-0.15, -0.1) is 0 Å². The number of amides is 1. The van der Waals surface area contributed by atoms with Crippen LogP contribution in [0.2, 0.25) is 10.0 Å². The van der Waals surface area contributed by atoms with Crippen LogP contribution in [0.4, 0.5) is 0 Å². The summed E-state index contributed by atoms with van der Waals surface area (Å²) in [6, 6.07) is 5.40. The SMILES string of the molecule is CN(Cc1cc(Cl)cc(Cl)c1)C(=O)CC1CCNCC1. The van der Waals surface area contributed by atoms with E-state index in [0.29, 0.717) is 28.9 Å². The van der Waals surface area contributed by atoms with Crippen molar-refractivity contribution in [2.24, 2.45) is 5.92 Å². The second-order valence-corrected chi connectivity index (χ2v) is 6.30. The highest BCUT2D eigenvalue weighted by atomic mass is 35.5. The van der Waals surface area contributed by atoms with Gasteiger partial charge in [0.2, 0.25) is 5.91 Å². The minimum absolute atomic E-state index is 0.188. The molecule has 20 heavy (non-hydrogen) atoms. The molecule has 1 saturated heterocycles. The van der Waals surface area contributed by atoms with Crippen molar-refractivity contribution in [3.8, 4) is 0 Å². The minimum atomic E-state index is 0.188. The highest BCUT2D eigenvalue weighted by Gasteiger charge is 2.19. The number of piperidine rings is 1. The first kappa shape index (κ1) is 15.6. The van der Waals surface area contributed by atoms with Crippen LogP contribution < -0.4 is 5.32 Å². The van der Waals surface area contributed by atoms with Crippen LogP contribution in [-0.4, -0.2) is 30.9 Å². The second-order valence-electron chi connectivity index (χ2n) is 5.42. The zero-order valence-corrected chi connectivity index (χ0v) is 13.2. The molecule has 3 nitrogen and oxygen atoms in total. The number of nitrogens with zero attached hydrogens (tertiary/aromatic N) is 1. The molecule has 0 bridgehead atoms. The van der Waals surface area contributed by atoms with Crippen molar-refractivity contribution >= 4 is 29.1 Å². The zero-order valence-electron chi connectivity index (χ0n) is 11.7. The number of nitrogens with one attached hydrogen (secondary N) is 1. The predicted octanol–water partition coefficient (Wildman–Crippen LogP) is 3.34. The molecule has 5 heteroatoms. The van der Waals surface area contributed by atoms with Crippen LogP contribution in [0.25, 0.3) is 0 Å². The topological polar surface area (TPSA) is 32.3 Å². The van der Waals surface area contributed by atoms with E-state index in [1.165, 1.54) is 0 Å². The third-order valence-corrected chi connectivity index (χ3v) is 4.13. The highest BCUT2D eigenvalue weighted by Crippen LogP contribution is 2.21. The minimum Gasteiger partial charge on any atom is -0.341 e. The molecular formula is C15H20Cl2N2O. The predicted molar refractivity (Wildman–Crippen MR) is 83.1 cm³/mol. The number of halogens is 2. The van der Waals surface area contributed by atoms with Gasteiger partial charge >= 0.3 is 0 Å². The highest BCUT2D eigenvalue weighted by molar-refractivity contribution is 6.34. The molecule has 2 rings (SSSR count). The summed E-state index contributed by atoms with van der Waals surface area (Å²) < 4.78 is 0. The van der Waals surface area contributed by atoms with Gasteiger partial charge in [-0.05, 0) is 55.6 Å². The average Bonchev–Trinajstić information content (AvgIpc) is 2.38. The van der Waals surface area contributed by atoms with Gasteiger partial charge in [0, 0.05) is 30.1 Å². The van der Waals surface area contributed by atoms with Crippen LogP contribution in [-0.2, 0) is 11.3 Å². The fraction of sp³-hybridized carbons (Fsp3) is 0.533. The molecule has 0 spiro atoms. The summed E-state index contributed by atoms with van der Waals surface area (Å²) in [5.41, 5.74) is 0.962. The fourth-order valence-electron chi connectivity index (χ4n) is 2.55. The Morgan fingerprint density at radius 1 is 1.25 bits per heavy atom. The smallest absolute Gasteiger partial charge is 0.222 e.